The molecule has 0 aliphatic carbocycles. The van der Waals surface area contributed by atoms with Crippen molar-refractivity contribution in [1.82, 2.24) is 4.90 Å². The van der Waals surface area contributed by atoms with Gasteiger partial charge in [0.05, 0.1) is 0 Å². The first-order valence-electron chi connectivity index (χ1n) is 6.51. The zero-order valence-electron chi connectivity index (χ0n) is 11.5. The molecule has 0 radical (unpaired) electrons. The van der Waals surface area contributed by atoms with E-state index < -0.39 is 0 Å². The maximum atomic E-state index is 5.44. The van der Waals surface area contributed by atoms with Crippen LogP contribution in [0, 0.1) is 0 Å². The minimum Gasteiger partial charge on any atom is -0.376 e. The molecule has 0 amide bonds. The Morgan fingerprint density at radius 2 is 1.55 bits per heavy atom. The number of thiocarbonyl (C=S) groups is 1. The summed E-state index contributed by atoms with van der Waals surface area (Å²) < 4.78 is 0. The molecule has 3 nitrogen and oxygen atoms in total. The average molecular weight is 285 g/mol. The molecule has 0 saturated heterocycles. The highest BCUT2D eigenvalue weighted by Gasteiger charge is 2.02. The number of nitrogens with one attached hydrogen (secondary N) is 1. The second-order valence-corrected chi connectivity index (χ2v) is 5.28. The van der Waals surface area contributed by atoms with Crippen molar-refractivity contribution in [3.63, 3.8) is 0 Å². The number of hydrogen-bond donors (Lipinski definition) is 2. The Morgan fingerprint density at radius 1 is 1.00 bits per heavy atom. The van der Waals surface area contributed by atoms with Gasteiger partial charge < -0.3 is 11.1 Å². The van der Waals surface area contributed by atoms with Gasteiger partial charge in [0.2, 0.25) is 0 Å². The van der Waals surface area contributed by atoms with Crippen LogP contribution < -0.4 is 11.1 Å². The molecule has 0 aliphatic heterocycles. The van der Waals surface area contributed by atoms with Gasteiger partial charge in [0.1, 0.15) is 0 Å². The number of rotatable bonds is 5. The van der Waals surface area contributed by atoms with E-state index in [0.29, 0.717) is 5.11 Å². The van der Waals surface area contributed by atoms with Gasteiger partial charge in [0.15, 0.2) is 5.11 Å². The van der Waals surface area contributed by atoms with Crippen molar-refractivity contribution < 1.29 is 0 Å². The third-order valence-corrected chi connectivity index (χ3v) is 3.07. The van der Waals surface area contributed by atoms with Crippen LogP contribution in [0.15, 0.2) is 54.6 Å². The molecule has 0 heterocycles. The molecule has 4 heteroatoms. The van der Waals surface area contributed by atoms with Crippen molar-refractivity contribution in [2.24, 2.45) is 5.73 Å². The molecule has 2 aromatic carbocycles. The van der Waals surface area contributed by atoms with Gasteiger partial charge in [-0.2, -0.15) is 0 Å². The van der Waals surface area contributed by atoms with Crippen LogP contribution >= 0.6 is 12.2 Å². The zero-order chi connectivity index (χ0) is 14.4. The summed E-state index contributed by atoms with van der Waals surface area (Å²) in [6.07, 6.45) is 0. The second-order valence-electron chi connectivity index (χ2n) is 4.84. The van der Waals surface area contributed by atoms with Gasteiger partial charge in [-0.05, 0) is 42.5 Å². The van der Waals surface area contributed by atoms with E-state index >= 15 is 0 Å². The topological polar surface area (TPSA) is 41.3 Å². The Balaban J connectivity index is 1.91. The summed E-state index contributed by atoms with van der Waals surface area (Å²) >= 11 is 4.81. The van der Waals surface area contributed by atoms with Crippen molar-refractivity contribution in [1.29, 1.82) is 0 Å². The fourth-order valence-electron chi connectivity index (χ4n) is 2.10. The van der Waals surface area contributed by atoms with Crippen molar-refractivity contribution in [3.8, 4) is 0 Å². The van der Waals surface area contributed by atoms with E-state index in [9.17, 15) is 0 Å². The highest BCUT2D eigenvalue weighted by molar-refractivity contribution is 7.80. The van der Waals surface area contributed by atoms with Gasteiger partial charge in [0, 0.05) is 18.8 Å². The lowest BCUT2D eigenvalue weighted by atomic mass is 10.1. The van der Waals surface area contributed by atoms with E-state index in [4.69, 9.17) is 18.0 Å². The van der Waals surface area contributed by atoms with Crippen molar-refractivity contribution >= 4 is 23.0 Å². The highest BCUT2D eigenvalue weighted by Crippen LogP contribution is 2.12. The molecule has 0 fully saturated rings. The van der Waals surface area contributed by atoms with Crippen LogP contribution in [0.5, 0.6) is 0 Å². The van der Waals surface area contributed by atoms with Crippen LogP contribution in [0.2, 0.25) is 0 Å². The highest BCUT2D eigenvalue weighted by atomic mass is 32.1. The fourth-order valence-corrected chi connectivity index (χ4v) is 2.22. The molecule has 2 rings (SSSR count). The third kappa shape index (κ3) is 4.64. The van der Waals surface area contributed by atoms with E-state index in [1.54, 1.807) is 0 Å². The SMILES string of the molecule is CN(Cc1ccccc1)Cc1ccc(NC(N)=S)cc1. The smallest absolute Gasteiger partial charge is 0.168 e. The van der Waals surface area contributed by atoms with E-state index in [-0.39, 0.29) is 0 Å². The lowest BCUT2D eigenvalue weighted by molar-refractivity contribution is 0.319. The summed E-state index contributed by atoms with van der Waals surface area (Å²) in [5.74, 6) is 0. The Hall–Kier alpha value is -1.91. The van der Waals surface area contributed by atoms with E-state index in [2.05, 4.69) is 53.7 Å². The molecular weight excluding hydrogens is 266 g/mol. The first kappa shape index (κ1) is 14.5. The van der Waals surface area contributed by atoms with Crippen LogP contribution in [0.4, 0.5) is 5.69 Å². The van der Waals surface area contributed by atoms with Crippen LogP contribution in [0.1, 0.15) is 11.1 Å². The monoisotopic (exact) mass is 285 g/mol. The lowest BCUT2D eigenvalue weighted by Gasteiger charge is -2.17. The molecule has 0 unspecified atom stereocenters. The predicted molar refractivity (Wildman–Crippen MR) is 88.5 cm³/mol. The normalized spacial score (nSPS) is 10.5. The first-order chi connectivity index (χ1) is 9.63. The standard InChI is InChI=1S/C16H19N3S/c1-19(11-13-5-3-2-4-6-13)12-14-7-9-15(10-8-14)18-16(17)20/h2-10H,11-12H2,1H3,(H3,17,18,20). The maximum Gasteiger partial charge on any atom is 0.168 e. The minimum absolute atomic E-state index is 0.291. The van der Waals surface area contributed by atoms with Crippen molar-refractivity contribution in [2.45, 2.75) is 13.1 Å². The molecule has 0 spiro atoms. The molecule has 0 saturated carbocycles. The number of hydrogen-bond acceptors (Lipinski definition) is 2. The van der Waals surface area contributed by atoms with Gasteiger partial charge in [-0.25, -0.2) is 0 Å². The van der Waals surface area contributed by atoms with E-state index in [1.807, 2.05) is 18.2 Å². The van der Waals surface area contributed by atoms with Crippen LogP contribution in [0.3, 0.4) is 0 Å². The summed E-state index contributed by atoms with van der Waals surface area (Å²) in [5.41, 5.74) is 8.95. The minimum atomic E-state index is 0.291. The molecule has 20 heavy (non-hydrogen) atoms. The van der Waals surface area contributed by atoms with Gasteiger partial charge in [0.25, 0.3) is 0 Å². The van der Waals surface area contributed by atoms with Gasteiger partial charge in [-0.1, -0.05) is 42.5 Å². The summed E-state index contributed by atoms with van der Waals surface area (Å²) in [7, 11) is 2.12. The largest absolute Gasteiger partial charge is 0.376 e. The Morgan fingerprint density at radius 3 is 2.10 bits per heavy atom. The number of benzene rings is 2. The van der Waals surface area contributed by atoms with Gasteiger partial charge >= 0.3 is 0 Å². The van der Waals surface area contributed by atoms with E-state index in [0.717, 1.165) is 18.8 Å². The predicted octanol–water partition coefficient (Wildman–Crippen LogP) is 2.97. The van der Waals surface area contributed by atoms with E-state index in [1.165, 1.54) is 11.1 Å². The van der Waals surface area contributed by atoms with Gasteiger partial charge in [-0.3, -0.25) is 4.90 Å². The lowest BCUT2D eigenvalue weighted by Crippen LogP contribution is -2.19. The summed E-state index contributed by atoms with van der Waals surface area (Å²) in [6, 6.07) is 18.6. The molecule has 3 N–H and O–H groups in total. The molecule has 2 aromatic rings. The van der Waals surface area contributed by atoms with Crippen molar-refractivity contribution in [3.05, 3.63) is 65.7 Å². The van der Waals surface area contributed by atoms with Crippen LogP contribution in [0.25, 0.3) is 0 Å². The summed E-state index contributed by atoms with van der Waals surface area (Å²) in [5, 5.41) is 3.21. The quantitative estimate of drug-likeness (QED) is 0.829. The number of nitrogens with zero attached hydrogens (tertiary/aromatic N) is 1. The van der Waals surface area contributed by atoms with Crippen LogP contribution in [-0.2, 0) is 13.1 Å². The Kier molecular flexibility index (Phi) is 5.09. The molecule has 0 aliphatic rings. The molecule has 0 bridgehead atoms. The van der Waals surface area contributed by atoms with Crippen molar-refractivity contribution in [2.75, 3.05) is 12.4 Å². The first-order valence-corrected chi connectivity index (χ1v) is 6.92. The second kappa shape index (κ2) is 7.03. The molecule has 104 valence electrons. The molecule has 0 aromatic heterocycles. The molecule has 0 atom stereocenters. The molecular formula is C16H19N3S. The zero-order valence-corrected chi connectivity index (χ0v) is 12.4. The maximum absolute atomic E-state index is 5.44. The Bertz CT molecular complexity index is 552. The summed E-state index contributed by atoms with van der Waals surface area (Å²) in [6.45, 7) is 1.84. The summed E-state index contributed by atoms with van der Waals surface area (Å²) in [4.78, 5) is 2.28. The average Bonchev–Trinajstić information content (AvgIpc) is 2.41. The number of anilines is 1. The third-order valence-electron chi connectivity index (χ3n) is 2.97. The Labute approximate surface area is 125 Å². The fraction of sp³-hybridized carbons (Fsp3) is 0.188. The number of nitrogens with two attached hydrogens (primary N) is 1. The van der Waals surface area contributed by atoms with Gasteiger partial charge in [-0.15, -0.1) is 0 Å². The van der Waals surface area contributed by atoms with Crippen LogP contribution in [-0.4, -0.2) is 17.1 Å².